The first-order valence-corrected chi connectivity index (χ1v) is 18.2. The van der Waals surface area contributed by atoms with Crippen molar-refractivity contribution in [1.29, 1.82) is 0 Å². The number of carboxylic acids is 1. The van der Waals surface area contributed by atoms with Crippen molar-refractivity contribution in [3.8, 4) is 0 Å². The third-order valence-electron chi connectivity index (χ3n) is 8.15. The normalized spacial score (nSPS) is 13.2. The quantitative estimate of drug-likeness (QED) is 0.0326. The molecule has 0 rings (SSSR count). The highest BCUT2D eigenvalue weighted by atomic mass is 16.6. The third-order valence-corrected chi connectivity index (χ3v) is 8.15. The van der Waals surface area contributed by atoms with Crippen LogP contribution in [0.5, 0.6) is 0 Å². The van der Waals surface area contributed by atoms with E-state index in [0.29, 0.717) is 12.8 Å². The van der Waals surface area contributed by atoms with E-state index in [1.165, 1.54) is 70.6 Å². The van der Waals surface area contributed by atoms with Crippen LogP contribution in [0.3, 0.4) is 0 Å². The zero-order chi connectivity index (χ0) is 33.6. The number of quaternary nitrogens is 1. The van der Waals surface area contributed by atoms with Crippen molar-refractivity contribution < 1.29 is 38.2 Å². The molecular weight excluding hydrogens is 570 g/mol. The lowest BCUT2D eigenvalue weighted by Crippen LogP contribution is -2.55. The van der Waals surface area contributed by atoms with Gasteiger partial charge in [0.15, 0.2) is 6.10 Å². The molecule has 0 aliphatic carbocycles. The average molecular weight is 640 g/mol. The van der Waals surface area contributed by atoms with Crippen LogP contribution in [0.2, 0.25) is 0 Å². The molecule has 0 aromatic rings. The highest BCUT2D eigenvalue weighted by molar-refractivity contribution is 5.70. The molecule has 0 aromatic heterocycles. The van der Waals surface area contributed by atoms with Gasteiger partial charge in [0.05, 0.1) is 40.3 Å². The van der Waals surface area contributed by atoms with Gasteiger partial charge >= 0.3 is 11.9 Å². The summed E-state index contributed by atoms with van der Waals surface area (Å²) in [4.78, 5) is 36.5. The summed E-state index contributed by atoms with van der Waals surface area (Å²) in [7, 11) is 5.39. The summed E-state index contributed by atoms with van der Waals surface area (Å²) in [6.45, 7) is 4.59. The van der Waals surface area contributed by atoms with Gasteiger partial charge in [-0.3, -0.25) is 9.59 Å². The molecule has 8 nitrogen and oxygen atoms in total. The number of likely N-dealkylation sites (N-methyl/N-ethyl adjacent to an activating group) is 1. The zero-order valence-electron chi connectivity index (χ0n) is 29.8. The van der Waals surface area contributed by atoms with Crippen molar-refractivity contribution in [2.75, 3.05) is 41.0 Å². The van der Waals surface area contributed by atoms with E-state index in [9.17, 15) is 19.5 Å². The Morgan fingerprint density at radius 1 is 0.644 bits per heavy atom. The summed E-state index contributed by atoms with van der Waals surface area (Å²) in [5.41, 5.74) is 0. The first kappa shape index (κ1) is 43.1. The van der Waals surface area contributed by atoms with Crippen molar-refractivity contribution in [1.82, 2.24) is 0 Å². The fourth-order valence-electron chi connectivity index (χ4n) is 5.24. The molecule has 8 heteroatoms. The topological polar surface area (TPSA) is 102 Å². The van der Waals surface area contributed by atoms with Crippen LogP contribution in [-0.4, -0.2) is 75.5 Å². The predicted molar refractivity (Wildman–Crippen MR) is 181 cm³/mol. The number of unbranched alkanes of at least 4 members (excludes halogenated alkanes) is 16. The van der Waals surface area contributed by atoms with Gasteiger partial charge in [-0.05, 0) is 38.5 Å². The van der Waals surface area contributed by atoms with Crippen molar-refractivity contribution in [3.05, 3.63) is 12.2 Å². The van der Waals surface area contributed by atoms with E-state index in [1.54, 1.807) is 21.1 Å². The minimum Gasteiger partial charge on any atom is -0.544 e. The van der Waals surface area contributed by atoms with Gasteiger partial charge < -0.3 is 28.6 Å². The molecule has 0 amide bonds. The number of aliphatic carboxylic acids is 1. The van der Waals surface area contributed by atoms with E-state index in [1.807, 2.05) is 0 Å². The van der Waals surface area contributed by atoms with Crippen LogP contribution in [0.1, 0.15) is 155 Å². The molecule has 0 aliphatic rings. The van der Waals surface area contributed by atoms with Gasteiger partial charge in [0.25, 0.3) is 0 Å². The fourth-order valence-corrected chi connectivity index (χ4v) is 5.24. The molecule has 0 aliphatic heterocycles. The summed E-state index contributed by atoms with van der Waals surface area (Å²) in [5, 5.41) is 11.5. The molecule has 0 bridgehead atoms. The Kier molecular flexibility index (Phi) is 28.2. The lowest BCUT2D eigenvalue weighted by molar-refractivity contribution is -0.889. The Morgan fingerprint density at radius 3 is 1.62 bits per heavy atom. The van der Waals surface area contributed by atoms with E-state index in [0.717, 1.165) is 51.4 Å². The predicted octanol–water partition coefficient (Wildman–Crippen LogP) is 7.46. The molecule has 2 unspecified atom stereocenters. The van der Waals surface area contributed by atoms with Crippen LogP contribution in [0, 0.1) is 0 Å². The Hall–Kier alpha value is -1.93. The largest absolute Gasteiger partial charge is 0.544 e. The van der Waals surface area contributed by atoms with Gasteiger partial charge in [0.2, 0.25) is 0 Å². The molecule has 264 valence electrons. The number of hydrogen-bond acceptors (Lipinski definition) is 7. The highest BCUT2D eigenvalue weighted by Gasteiger charge is 2.25. The van der Waals surface area contributed by atoms with Crippen LogP contribution in [-0.2, 0) is 28.6 Å². The van der Waals surface area contributed by atoms with Gasteiger partial charge in [-0.25, -0.2) is 0 Å². The number of nitrogens with zero attached hydrogens (tertiary/aromatic N) is 1. The maximum Gasteiger partial charge on any atom is 0.306 e. The van der Waals surface area contributed by atoms with Crippen LogP contribution in [0.15, 0.2) is 12.2 Å². The van der Waals surface area contributed by atoms with Crippen molar-refractivity contribution >= 4 is 17.9 Å². The molecule has 0 saturated carbocycles. The van der Waals surface area contributed by atoms with Crippen molar-refractivity contribution in [2.45, 2.75) is 167 Å². The summed E-state index contributed by atoms with van der Waals surface area (Å²) in [6, 6.07) is -0.720. The molecule has 0 spiro atoms. The van der Waals surface area contributed by atoms with Crippen LogP contribution >= 0.6 is 0 Å². The van der Waals surface area contributed by atoms with Crippen LogP contribution in [0.25, 0.3) is 0 Å². The summed E-state index contributed by atoms with van der Waals surface area (Å²) < 4.78 is 17.0. The van der Waals surface area contributed by atoms with E-state index < -0.39 is 18.1 Å². The number of carboxylic acid groups (broad SMARTS) is 1. The first-order valence-electron chi connectivity index (χ1n) is 18.2. The van der Waals surface area contributed by atoms with Crippen molar-refractivity contribution in [3.63, 3.8) is 0 Å². The standard InChI is InChI=1S/C37H69NO7/c1-6-8-10-12-14-16-17-18-19-20-22-24-26-28-36(40)45-33(31-43-30-29-34(37(41)42)38(3,4)5)32-44-35(39)27-25-23-21-15-13-11-9-7-2/h16-17,33-34H,6-15,18-32H2,1-5H3/b17-16-. The lowest BCUT2D eigenvalue weighted by atomic mass is 10.1. The highest BCUT2D eigenvalue weighted by Crippen LogP contribution is 2.13. The first-order chi connectivity index (χ1) is 21.6. The van der Waals surface area contributed by atoms with E-state index in [-0.39, 0.29) is 42.7 Å². The number of rotatable bonds is 32. The maximum atomic E-state index is 12.6. The Balaban J connectivity index is 4.44. The number of allylic oxidation sites excluding steroid dienone is 2. The van der Waals surface area contributed by atoms with Crippen LogP contribution < -0.4 is 5.11 Å². The van der Waals surface area contributed by atoms with Gasteiger partial charge in [-0.2, -0.15) is 0 Å². The van der Waals surface area contributed by atoms with Gasteiger partial charge in [0.1, 0.15) is 12.6 Å². The molecule has 0 heterocycles. The van der Waals surface area contributed by atoms with E-state index in [4.69, 9.17) is 14.2 Å². The molecule has 2 atom stereocenters. The Morgan fingerprint density at radius 2 is 1.11 bits per heavy atom. The van der Waals surface area contributed by atoms with E-state index in [2.05, 4.69) is 26.0 Å². The molecule has 0 fully saturated rings. The molecule has 0 aromatic carbocycles. The van der Waals surface area contributed by atoms with Gasteiger partial charge in [0, 0.05) is 19.3 Å². The molecule has 0 saturated heterocycles. The zero-order valence-corrected chi connectivity index (χ0v) is 29.8. The third kappa shape index (κ3) is 28.1. The second kappa shape index (κ2) is 29.5. The Bertz CT molecular complexity index is 762. The second-order valence-electron chi connectivity index (χ2n) is 13.5. The monoisotopic (exact) mass is 640 g/mol. The molecule has 0 radical (unpaired) electrons. The minimum absolute atomic E-state index is 0.0415. The Labute approximate surface area is 276 Å². The lowest BCUT2D eigenvalue weighted by Gasteiger charge is -2.34. The van der Waals surface area contributed by atoms with Gasteiger partial charge in [-0.1, -0.05) is 109 Å². The smallest absolute Gasteiger partial charge is 0.306 e. The van der Waals surface area contributed by atoms with Crippen molar-refractivity contribution in [2.24, 2.45) is 0 Å². The average Bonchev–Trinajstić information content (AvgIpc) is 2.98. The maximum absolute atomic E-state index is 12.6. The second-order valence-corrected chi connectivity index (χ2v) is 13.5. The van der Waals surface area contributed by atoms with Crippen LogP contribution in [0.4, 0.5) is 0 Å². The number of esters is 2. The SMILES string of the molecule is CCCCCC/C=C\CCCCCCCC(=O)OC(COCCC(C(=O)[O-])[N+](C)(C)C)COC(=O)CCCCCCCCCC. The number of ether oxygens (including phenoxy) is 3. The summed E-state index contributed by atoms with van der Waals surface area (Å²) >= 11 is 0. The summed E-state index contributed by atoms with van der Waals surface area (Å²) in [6.07, 6.45) is 26.7. The number of hydrogen-bond donors (Lipinski definition) is 0. The fraction of sp³-hybridized carbons (Fsp3) is 0.865. The molecular formula is C37H69NO7. The molecule has 45 heavy (non-hydrogen) atoms. The number of carbonyl (C=O) groups excluding carboxylic acids is 3. The number of carbonyl (C=O) groups is 3. The molecule has 0 N–H and O–H groups in total. The minimum atomic E-state index is -1.13. The summed E-state index contributed by atoms with van der Waals surface area (Å²) in [5.74, 6) is -1.75. The van der Waals surface area contributed by atoms with Gasteiger partial charge in [-0.15, -0.1) is 0 Å². The van der Waals surface area contributed by atoms with E-state index >= 15 is 0 Å².